The molecule has 0 bridgehead atoms. The number of ether oxygens (including phenoxy) is 1. The van der Waals surface area contributed by atoms with Crippen molar-refractivity contribution in [1.29, 1.82) is 0 Å². The summed E-state index contributed by atoms with van der Waals surface area (Å²) >= 11 is 0. The van der Waals surface area contributed by atoms with Gasteiger partial charge in [0.2, 0.25) is 10.0 Å². The van der Waals surface area contributed by atoms with E-state index in [1.165, 1.54) is 31.2 Å². The summed E-state index contributed by atoms with van der Waals surface area (Å²) in [6.45, 7) is 0.761. The lowest BCUT2D eigenvalue weighted by Gasteiger charge is -2.22. The zero-order valence-electron chi connectivity index (χ0n) is 15.0. The van der Waals surface area contributed by atoms with Crippen LogP contribution < -0.4 is 4.72 Å². The summed E-state index contributed by atoms with van der Waals surface area (Å²) in [7, 11) is -4.03. The summed E-state index contributed by atoms with van der Waals surface area (Å²) < 4.78 is 33.0. The zero-order valence-corrected chi connectivity index (χ0v) is 15.8. The maximum Gasteiger partial charge on any atom is 0.417 e. The predicted octanol–water partition coefficient (Wildman–Crippen LogP) is 1.89. The highest BCUT2D eigenvalue weighted by Crippen LogP contribution is 2.21. The first-order chi connectivity index (χ1) is 13.3. The molecule has 1 unspecified atom stereocenters. The van der Waals surface area contributed by atoms with Crippen molar-refractivity contribution in [3.05, 3.63) is 65.7 Å². The lowest BCUT2D eigenvalue weighted by molar-refractivity contribution is -0.126. The number of sulfonamides is 1. The van der Waals surface area contributed by atoms with Crippen molar-refractivity contribution in [2.75, 3.05) is 13.2 Å². The topological polar surface area (TPSA) is 110 Å². The van der Waals surface area contributed by atoms with Crippen LogP contribution in [0.5, 0.6) is 0 Å². The van der Waals surface area contributed by atoms with Gasteiger partial charge in [-0.1, -0.05) is 42.5 Å². The highest BCUT2D eigenvalue weighted by molar-refractivity contribution is 7.89. The van der Waals surface area contributed by atoms with Gasteiger partial charge in [-0.3, -0.25) is 9.59 Å². The van der Waals surface area contributed by atoms with Gasteiger partial charge in [0.25, 0.3) is 5.91 Å². The molecule has 1 aliphatic rings. The highest BCUT2D eigenvalue weighted by atomic mass is 32.2. The van der Waals surface area contributed by atoms with Crippen molar-refractivity contribution in [3.63, 3.8) is 0 Å². The average Bonchev–Trinajstić information content (AvgIpc) is 3.00. The molecule has 146 valence electrons. The number of nitrogens with one attached hydrogen (secondary N) is 1. The maximum atomic E-state index is 12.9. The van der Waals surface area contributed by atoms with Crippen LogP contribution in [-0.2, 0) is 19.6 Å². The maximum absolute atomic E-state index is 12.9. The van der Waals surface area contributed by atoms with E-state index in [1.807, 2.05) is 0 Å². The summed E-state index contributed by atoms with van der Waals surface area (Å²) in [5.41, 5.74) is 0.832. The Morgan fingerprint density at radius 3 is 2.46 bits per heavy atom. The van der Waals surface area contributed by atoms with Crippen LogP contribution in [-0.4, -0.2) is 44.3 Å². The van der Waals surface area contributed by atoms with Gasteiger partial charge < -0.3 is 4.74 Å². The Bertz CT molecular complexity index is 1000. The number of cyclic esters (lactones) is 1. The first kappa shape index (κ1) is 19.7. The number of nitrogens with zero attached hydrogens (tertiary/aromatic N) is 1. The molecule has 28 heavy (non-hydrogen) atoms. The van der Waals surface area contributed by atoms with Gasteiger partial charge in [-0.05, 0) is 24.6 Å². The molecule has 1 saturated heterocycles. The second-order valence-electron chi connectivity index (χ2n) is 6.23. The van der Waals surface area contributed by atoms with Gasteiger partial charge in [-0.2, -0.15) is 0 Å². The van der Waals surface area contributed by atoms with E-state index in [4.69, 9.17) is 4.74 Å². The average molecular weight is 402 g/mol. The summed E-state index contributed by atoms with van der Waals surface area (Å²) in [5, 5.41) is 0. The van der Waals surface area contributed by atoms with Gasteiger partial charge in [0.05, 0.1) is 17.5 Å². The molecule has 1 aliphatic heterocycles. The van der Waals surface area contributed by atoms with E-state index in [0.29, 0.717) is 5.56 Å². The van der Waals surface area contributed by atoms with E-state index < -0.39 is 28.1 Å². The van der Waals surface area contributed by atoms with Gasteiger partial charge in [0.15, 0.2) is 12.4 Å². The van der Waals surface area contributed by atoms with Crippen molar-refractivity contribution in [1.82, 2.24) is 9.62 Å². The number of imide groups is 1. The fourth-order valence-electron chi connectivity index (χ4n) is 2.77. The van der Waals surface area contributed by atoms with Crippen LogP contribution in [0, 0.1) is 0 Å². The molecule has 8 nitrogen and oxygen atoms in total. The minimum atomic E-state index is -4.03. The molecule has 1 fully saturated rings. The third kappa shape index (κ3) is 4.26. The summed E-state index contributed by atoms with van der Waals surface area (Å²) in [6, 6.07) is 13.3. The Kier molecular flexibility index (Phi) is 5.57. The molecule has 0 aromatic heterocycles. The van der Waals surface area contributed by atoms with Gasteiger partial charge in [-0.15, -0.1) is 0 Å². The number of hydrogen-bond acceptors (Lipinski definition) is 6. The third-order valence-corrected chi connectivity index (χ3v) is 5.73. The van der Waals surface area contributed by atoms with Crippen molar-refractivity contribution < 1.29 is 27.5 Å². The lowest BCUT2D eigenvalue weighted by Crippen LogP contribution is -2.40. The number of hydrogen-bond donors (Lipinski definition) is 1. The molecule has 1 atom stereocenters. The second-order valence-corrected chi connectivity index (χ2v) is 7.94. The van der Waals surface area contributed by atoms with Gasteiger partial charge >= 0.3 is 6.09 Å². The molecule has 1 heterocycles. The molecule has 3 rings (SSSR count). The number of rotatable bonds is 7. The fraction of sp³-hybridized carbons (Fsp3) is 0.211. The molecule has 0 aliphatic carbocycles. The predicted molar refractivity (Wildman–Crippen MR) is 99.0 cm³/mol. The summed E-state index contributed by atoms with van der Waals surface area (Å²) in [5.74, 6) is -0.800. The van der Waals surface area contributed by atoms with Crippen molar-refractivity contribution in [3.8, 4) is 0 Å². The number of benzene rings is 2. The highest BCUT2D eigenvalue weighted by Gasteiger charge is 2.34. The monoisotopic (exact) mass is 402 g/mol. The molecular weight excluding hydrogens is 384 g/mol. The van der Waals surface area contributed by atoms with E-state index in [2.05, 4.69) is 4.72 Å². The SMILES string of the molecule is CC(=O)c1cccc(S(=O)(=O)NC(CN2C(=O)COC2=O)c2ccccc2)c1. The van der Waals surface area contributed by atoms with Gasteiger partial charge in [-0.25, -0.2) is 22.8 Å². The Morgan fingerprint density at radius 2 is 1.86 bits per heavy atom. The fourth-order valence-corrected chi connectivity index (χ4v) is 4.03. The molecule has 0 spiro atoms. The van der Waals surface area contributed by atoms with Gasteiger partial charge in [0.1, 0.15) is 0 Å². The van der Waals surface area contributed by atoms with Crippen molar-refractivity contribution >= 4 is 27.8 Å². The van der Waals surface area contributed by atoms with E-state index in [-0.39, 0.29) is 29.4 Å². The molecule has 2 aromatic carbocycles. The van der Waals surface area contributed by atoms with Crippen LogP contribution in [0.2, 0.25) is 0 Å². The number of ketones is 1. The van der Waals surface area contributed by atoms with Crippen LogP contribution >= 0.6 is 0 Å². The smallest absolute Gasteiger partial charge is 0.417 e. The van der Waals surface area contributed by atoms with Gasteiger partial charge in [0, 0.05) is 5.56 Å². The normalized spacial score (nSPS) is 15.4. The number of Topliss-reactive ketones (excluding diaryl/α,β-unsaturated/α-hetero) is 1. The Labute approximate surface area is 162 Å². The third-order valence-electron chi connectivity index (χ3n) is 4.26. The number of carbonyl (C=O) groups is 3. The number of carbonyl (C=O) groups excluding carboxylic acids is 3. The second kappa shape index (κ2) is 7.91. The molecule has 2 amide bonds. The van der Waals surface area contributed by atoms with E-state index in [1.54, 1.807) is 30.3 Å². The standard InChI is InChI=1S/C19H18N2O6S/c1-13(22)15-8-5-9-16(10-15)28(25,26)20-17(14-6-3-2-4-7-14)11-21-18(23)12-27-19(21)24/h2-10,17,20H,11-12H2,1H3. The molecule has 0 radical (unpaired) electrons. The quantitative estimate of drug-likeness (QED) is 0.708. The largest absolute Gasteiger partial charge is 0.439 e. The van der Waals surface area contributed by atoms with Crippen LogP contribution in [0.15, 0.2) is 59.5 Å². The molecule has 9 heteroatoms. The van der Waals surface area contributed by atoms with E-state index in [0.717, 1.165) is 4.90 Å². The first-order valence-electron chi connectivity index (χ1n) is 8.43. The first-order valence-corrected chi connectivity index (χ1v) is 9.91. The Hall–Kier alpha value is -3.04. The Morgan fingerprint density at radius 1 is 1.14 bits per heavy atom. The molecule has 1 N–H and O–H groups in total. The van der Waals surface area contributed by atoms with Crippen molar-refractivity contribution in [2.24, 2.45) is 0 Å². The zero-order chi connectivity index (χ0) is 20.3. The molecule has 2 aromatic rings. The number of amides is 2. The Balaban J connectivity index is 1.92. The van der Waals surface area contributed by atoms with E-state index >= 15 is 0 Å². The minimum Gasteiger partial charge on any atom is -0.439 e. The van der Waals surface area contributed by atoms with Crippen LogP contribution in [0.1, 0.15) is 28.9 Å². The molecule has 0 saturated carbocycles. The van der Waals surface area contributed by atoms with Crippen LogP contribution in [0.3, 0.4) is 0 Å². The van der Waals surface area contributed by atoms with Crippen LogP contribution in [0.4, 0.5) is 4.79 Å². The minimum absolute atomic E-state index is 0.0866. The summed E-state index contributed by atoms with van der Waals surface area (Å²) in [6.07, 6.45) is -0.816. The molecular formula is C19H18N2O6S. The van der Waals surface area contributed by atoms with Crippen LogP contribution in [0.25, 0.3) is 0 Å². The van der Waals surface area contributed by atoms with E-state index in [9.17, 15) is 22.8 Å². The van der Waals surface area contributed by atoms with Crippen molar-refractivity contribution in [2.45, 2.75) is 17.9 Å². The summed E-state index contributed by atoms with van der Waals surface area (Å²) in [4.78, 5) is 36.0. The lowest BCUT2D eigenvalue weighted by atomic mass is 10.1.